The lowest BCUT2D eigenvalue weighted by Crippen LogP contribution is -2.39. The van der Waals surface area contributed by atoms with Gasteiger partial charge >= 0.3 is 5.97 Å². The second kappa shape index (κ2) is 6.65. The zero-order chi connectivity index (χ0) is 18.1. The molecule has 4 atom stereocenters. The number of hydrogen-bond donors (Lipinski definition) is 2. The van der Waals surface area contributed by atoms with Gasteiger partial charge in [-0.05, 0) is 36.4 Å². The molecule has 2 aliphatic rings. The molecule has 6 nitrogen and oxygen atoms in total. The Hall–Kier alpha value is -3.12. The van der Waals surface area contributed by atoms with Crippen LogP contribution < -0.4 is 10.1 Å². The summed E-state index contributed by atoms with van der Waals surface area (Å²) >= 11 is 0. The van der Waals surface area contributed by atoms with Crippen LogP contribution in [0.4, 0.5) is 5.69 Å². The summed E-state index contributed by atoms with van der Waals surface area (Å²) in [6.45, 7) is 0. The van der Waals surface area contributed by atoms with E-state index in [1.165, 1.54) is 0 Å². The second-order valence-electron chi connectivity index (χ2n) is 6.27. The lowest BCUT2D eigenvalue weighted by Gasteiger charge is -2.21. The third-order valence-corrected chi connectivity index (χ3v) is 4.59. The highest BCUT2D eigenvalue weighted by Gasteiger charge is 2.53. The van der Waals surface area contributed by atoms with E-state index in [0.29, 0.717) is 11.4 Å². The van der Waals surface area contributed by atoms with E-state index in [-0.39, 0.29) is 5.91 Å². The Labute approximate surface area is 150 Å². The van der Waals surface area contributed by atoms with Crippen molar-refractivity contribution in [3.63, 3.8) is 0 Å². The van der Waals surface area contributed by atoms with Gasteiger partial charge in [-0.1, -0.05) is 30.4 Å². The number of anilines is 1. The van der Waals surface area contributed by atoms with Crippen LogP contribution in [-0.2, 0) is 14.3 Å². The molecule has 0 radical (unpaired) electrons. The smallest absolute Gasteiger partial charge is 0.310 e. The molecular weight excluding hydrogens is 334 g/mol. The van der Waals surface area contributed by atoms with Crippen molar-refractivity contribution >= 4 is 17.6 Å². The molecule has 2 aromatic rings. The summed E-state index contributed by atoms with van der Waals surface area (Å²) < 4.78 is 11.2. The lowest BCUT2D eigenvalue weighted by atomic mass is 9.82. The molecule has 132 valence electrons. The van der Waals surface area contributed by atoms with Gasteiger partial charge in [0.15, 0.2) is 0 Å². The van der Waals surface area contributed by atoms with Crippen LogP contribution in [0.1, 0.15) is 0 Å². The van der Waals surface area contributed by atoms with E-state index >= 15 is 0 Å². The van der Waals surface area contributed by atoms with Crippen molar-refractivity contribution in [3.05, 3.63) is 66.7 Å². The standard InChI is InChI=1S/C20H17NO5/c22-19(17-15-10-11-16(26-15)18(17)20(23)24)21-12-6-8-14(9-7-12)25-13-4-2-1-3-5-13/h1-11,15-18H,(H,21,22)(H,23,24)/t15-,16+,17+,18-/m0/s1. The molecule has 2 aromatic carbocycles. The van der Waals surface area contributed by atoms with E-state index in [2.05, 4.69) is 5.32 Å². The normalized spacial score (nSPS) is 25.8. The fraction of sp³-hybridized carbons (Fsp3) is 0.200. The van der Waals surface area contributed by atoms with Crippen LogP contribution in [-0.4, -0.2) is 29.2 Å². The molecule has 0 spiro atoms. The molecule has 0 aliphatic carbocycles. The fourth-order valence-electron chi connectivity index (χ4n) is 3.37. The number of carbonyl (C=O) groups excluding carboxylic acids is 1. The molecule has 1 saturated heterocycles. The van der Waals surface area contributed by atoms with Crippen molar-refractivity contribution in [2.75, 3.05) is 5.32 Å². The van der Waals surface area contributed by atoms with E-state index in [4.69, 9.17) is 9.47 Å². The van der Waals surface area contributed by atoms with Gasteiger partial charge < -0.3 is 19.9 Å². The van der Waals surface area contributed by atoms with Gasteiger partial charge in [0.05, 0.1) is 18.1 Å². The first-order chi connectivity index (χ1) is 12.6. The second-order valence-corrected chi connectivity index (χ2v) is 6.27. The maximum Gasteiger partial charge on any atom is 0.310 e. The summed E-state index contributed by atoms with van der Waals surface area (Å²) in [5.41, 5.74) is 0.575. The molecule has 6 heteroatoms. The minimum absolute atomic E-state index is 0.356. The number of rotatable bonds is 5. The molecule has 0 aromatic heterocycles. The summed E-state index contributed by atoms with van der Waals surface area (Å²) in [5.74, 6) is -1.60. The van der Waals surface area contributed by atoms with Crippen LogP contribution in [0.15, 0.2) is 66.7 Å². The summed E-state index contributed by atoms with van der Waals surface area (Å²) in [7, 11) is 0. The van der Waals surface area contributed by atoms with Crippen LogP contribution in [0, 0.1) is 11.8 Å². The third kappa shape index (κ3) is 3.07. The monoisotopic (exact) mass is 351 g/mol. The molecule has 1 fully saturated rings. The maximum absolute atomic E-state index is 12.6. The number of ether oxygens (including phenoxy) is 2. The summed E-state index contributed by atoms with van der Waals surface area (Å²) in [6.07, 6.45) is 2.45. The van der Waals surface area contributed by atoms with E-state index < -0.39 is 30.0 Å². The van der Waals surface area contributed by atoms with Gasteiger partial charge in [0.1, 0.15) is 17.4 Å². The summed E-state index contributed by atoms with van der Waals surface area (Å²) in [5, 5.41) is 12.2. The molecular formula is C20H17NO5. The van der Waals surface area contributed by atoms with Gasteiger partial charge in [-0.15, -0.1) is 0 Å². The molecule has 2 bridgehead atoms. The number of nitrogens with one attached hydrogen (secondary N) is 1. The first-order valence-electron chi connectivity index (χ1n) is 8.32. The highest BCUT2D eigenvalue weighted by molar-refractivity contribution is 5.96. The number of hydrogen-bond acceptors (Lipinski definition) is 4. The Bertz CT molecular complexity index is 846. The first-order valence-corrected chi connectivity index (χ1v) is 8.32. The molecule has 0 unspecified atom stereocenters. The van der Waals surface area contributed by atoms with Crippen molar-refractivity contribution in [1.82, 2.24) is 0 Å². The molecule has 4 rings (SSSR count). The van der Waals surface area contributed by atoms with Crippen molar-refractivity contribution in [2.45, 2.75) is 12.2 Å². The number of carboxylic acid groups (broad SMARTS) is 1. The molecule has 0 saturated carbocycles. The van der Waals surface area contributed by atoms with Crippen LogP contribution in [0.25, 0.3) is 0 Å². The van der Waals surface area contributed by atoms with E-state index in [9.17, 15) is 14.7 Å². The minimum atomic E-state index is -1.02. The number of fused-ring (bicyclic) bond motifs is 2. The van der Waals surface area contributed by atoms with Gasteiger partial charge in [0.2, 0.25) is 5.91 Å². The number of amides is 1. The van der Waals surface area contributed by atoms with Crippen LogP contribution >= 0.6 is 0 Å². The van der Waals surface area contributed by atoms with E-state index in [0.717, 1.165) is 5.75 Å². The van der Waals surface area contributed by atoms with Gasteiger partial charge in [-0.25, -0.2) is 0 Å². The average Bonchev–Trinajstić information content (AvgIpc) is 3.25. The Morgan fingerprint density at radius 2 is 1.50 bits per heavy atom. The zero-order valence-electron chi connectivity index (χ0n) is 13.7. The van der Waals surface area contributed by atoms with Crippen molar-refractivity contribution in [1.29, 1.82) is 0 Å². The van der Waals surface area contributed by atoms with Crippen LogP contribution in [0.3, 0.4) is 0 Å². The van der Waals surface area contributed by atoms with Gasteiger partial charge in [0, 0.05) is 5.69 Å². The van der Waals surface area contributed by atoms with Crippen molar-refractivity contribution in [3.8, 4) is 11.5 Å². The molecule has 2 heterocycles. The summed E-state index contributed by atoms with van der Waals surface area (Å²) in [4.78, 5) is 24.0. The highest BCUT2D eigenvalue weighted by Crippen LogP contribution is 2.40. The van der Waals surface area contributed by atoms with Gasteiger partial charge in [-0.3, -0.25) is 9.59 Å². The Morgan fingerprint density at radius 3 is 2.15 bits per heavy atom. The number of carbonyl (C=O) groups is 2. The molecule has 2 N–H and O–H groups in total. The number of carboxylic acids is 1. The molecule has 2 aliphatic heterocycles. The lowest BCUT2D eigenvalue weighted by molar-refractivity contribution is -0.145. The maximum atomic E-state index is 12.6. The SMILES string of the molecule is O=C(O)[C@@H]1[C@H](C(=O)Nc2ccc(Oc3ccccc3)cc2)[C@@H]2C=C[C@H]1O2. The van der Waals surface area contributed by atoms with Crippen LogP contribution in [0.5, 0.6) is 11.5 Å². The first kappa shape index (κ1) is 16.4. The Balaban J connectivity index is 1.43. The fourth-order valence-corrected chi connectivity index (χ4v) is 3.37. The van der Waals surface area contributed by atoms with Crippen molar-refractivity contribution in [2.24, 2.45) is 11.8 Å². The predicted molar refractivity (Wildman–Crippen MR) is 94.0 cm³/mol. The molecule has 26 heavy (non-hydrogen) atoms. The minimum Gasteiger partial charge on any atom is -0.481 e. The number of aliphatic carboxylic acids is 1. The van der Waals surface area contributed by atoms with E-state index in [1.54, 1.807) is 36.4 Å². The van der Waals surface area contributed by atoms with E-state index in [1.807, 2.05) is 30.3 Å². The Morgan fingerprint density at radius 1 is 0.885 bits per heavy atom. The Kier molecular flexibility index (Phi) is 4.18. The quantitative estimate of drug-likeness (QED) is 0.809. The molecule has 1 amide bonds. The highest BCUT2D eigenvalue weighted by atomic mass is 16.5. The topological polar surface area (TPSA) is 84.9 Å². The largest absolute Gasteiger partial charge is 0.481 e. The average molecular weight is 351 g/mol. The van der Waals surface area contributed by atoms with Crippen LogP contribution in [0.2, 0.25) is 0 Å². The zero-order valence-corrected chi connectivity index (χ0v) is 13.7. The number of para-hydroxylation sites is 1. The number of benzene rings is 2. The van der Waals surface area contributed by atoms with Gasteiger partial charge in [-0.2, -0.15) is 0 Å². The predicted octanol–water partition coefficient (Wildman–Crippen LogP) is 3.07. The van der Waals surface area contributed by atoms with Crippen molar-refractivity contribution < 1.29 is 24.2 Å². The summed E-state index contributed by atoms with van der Waals surface area (Å²) in [6, 6.07) is 16.3. The van der Waals surface area contributed by atoms with Gasteiger partial charge in [0.25, 0.3) is 0 Å². The third-order valence-electron chi connectivity index (χ3n) is 4.59.